The Morgan fingerprint density at radius 3 is 2.50 bits per heavy atom. The average molecular weight is 556 g/mol. The first-order chi connectivity index (χ1) is 19.1. The number of aliphatic hydroxyl groups excluding tert-OH is 1. The highest BCUT2D eigenvalue weighted by molar-refractivity contribution is 5.84. The number of fused-ring (bicyclic) bond motifs is 1. The third kappa shape index (κ3) is 6.69. The Morgan fingerprint density at radius 2 is 1.88 bits per heavy atom. The number of carbonyl (C=O) groups is 1. The number of ether oxygens (including phenoxy) is 3. The number of methoxy groups -OCH3 is 1. The summed E-state index contributed by atoms with van der Waals surface area (Å²) in [4.78, 5) is 28.9. The summed E-state index contributed by atoms with van der Waals surface area (Å²) in [6.07, 6.45) is 1.02. The minimum Gasteiger partial charge on any atom is -0.497 e. The monoisotopic (exact) mass is 555 g/mol. The van der Waals surface area contributed by atoms with E-state index in [9.17, 15) is 9.90 Å². The zero-order valence-corrected chi connectivity index (χ0v) is 24.2. The molecule has 40 heavy (non-hydrogen) atoms. The van der Waals surface area contributed by atoms with Crippen LogP contribution in [0.4, 0.5) is 5.82 Å². The molecule has 1 aliphatic rings. The fourth-order valence-electron chi connectivity index (χ4n) is 4.81. The van der Waals surface area contributed by atoms with Gasteiger partial charge in [0.15, 0.2) is 23.2 Å². The maximum Gasteiger partial charge on any atom is 0.237 e. The lowest BCUT2D eigenvalue weighted by Gasteiger charge is -2.27. The van der Waals surface area contributed by atoms with Gasteiger partial charge in [-0.2, -0.15) is 0 Å². The second-order valence-electron chi connectivity index (χ2n) is 10.8. The Morgan fingerprint density at radius 1 is 1.15 bits per heavy atom. The van der Waals surface area contributed by atoms with Crippen LogP contribution in [0.15, 0.2) is 36.9 Å². The van der Waals surface area contributed by atoms with Crippen molar-refractivity contribution in [1.29, 1.82) is 0 Å². The Balaban J connectivity index is 1.63. The number of amides is 1. The van der Waals surface area contributed by atoms with Gasteiger partial charge < -0.3 is 34.9 Å². The lowest BCUT2D eigenvalue weighted by Crippen LogP contribution is -2.54. The number of nitrogens with one attached hydrogen (secondary N) is 2. The smallest absolute Gasteiger partial charge is 0.237 e. The topological polar surface area (TPSA) is 136 Å². The van der Waals surface area contributed by atoms with Crippen LogP contribution in [0.25, 0.3) is 11.2 Å². The van der Waals surface area contributed by atoms with E-state index in [2.05, 4.69) is 25.6 Å². The maximum atomic E-state index is 13.7. The van der Waals surface area contributed by atoms with Crippen LogP contribution >= 0.6 is 0 Å². The number of aliphatic hydroxyl groups is 1. The van der Waals surface area contributed by atoms with Crippen molar-refractivity contribution in [2.24, 2.45) is 0 Å². The van der Waals surface area contributed by atoms with Crippen LogP contribution in [0.2, 0.25) is 0 Å². The predicted molar refractivity (Wildman–Crippen MR) is 151 cm³/mol. The number of carbonyl (C=O) groups excluding carboxylic acids is 1. The summed E-state index contributed by atoms with van der Waals surface area (Å²) in [6.45, 7) is 7.99. The number of nitrogens with zero attached hydrogens (tertiary/aromatic N) is 5. The summed E-state index contributed by atoms with van der Waals surface area (Å²) in [5, 5.41) is 17.8. The molecule has 3 N–H and O–H groups in total. The Bertz CT molecular complexity index is 1260. The van der Waals surface area contributed by atoms with Gasteiger partial charge in [-0.15, -0.1) is 0 Å². The summed E-state index contributed by atoms with van der Waals surface area (Å²) in [7, 11) is 5.38. The molecule has 1 aromatic carbocycles. The molecule has 1 saturated heterocycles. The molecule has 0 aliphatic carbocycles. The van der Waals surface area contributed by atoms with Crippen molar-refractivity contribution in [3.05, 3.63) is 42.5 Å². The van der Waals surface area contributed by atoms with Crippen molar-refractivity contribution in [2.75, 3.05) is 32.7 Å². The molecule has 12 heteroatoms. The maximum absolute atomic E-state index is 13.7. The minimum atomic E-state index is -1.03. The highest BCUT2D eigenvalue weighted by Gasteiger charge is 2.47. The molecule has 218 valence electrons. The van der Waals surface area contributed by atoms with Gasteiger partial charge in [-0.1, -0.05) is 26.0 Å². The van der Waals surface area contributed by atoms with Crippen molar-refractivity contribution < 1.29 is 24.1 Å². The SMILES string of the molecule is COc1ccc(CC(NC(C)C)C(=O)NC2C(O)C(COC(C)C)OC2n2cnc3c(N(C)C)ncnc32)cc1. The summed E-state index contributed by atoms with van der Waals surface area (Å²) >= 11 is 0. The molecule has 1 fully saturated rings. The fourth-order valence-corrected chi connectivity index (χ4v) is 4.81. The number of hydrogen-bond donors (Lipinski definition) is 3. The van der Waals surface area contributed by atoms with Crippen LogP contribution in [-0.2, 0) is 20.7 Å². The molecule has 0 spiro atoms. The zero-order valence-electron chi connectivity index (χ0n) is 24.2. The van der Waals surface area contributed by atoms with Gasteiger partial charge in [0.1, 0.15) is 30.3 Å². The van der Waals surface area contributed by atoms with E-state index in [1.165, 1.54) is 6.33 Å². The molecule has 0 radical (unpaired) electrons. The van der Waals surface area contributed by atoms with E-state index in [0.717, 1.165) is 11.3 Å². The number of aromatic nitrogens is 4. The van der Waals surface area contributed by atoms with Gasteiger partial charge >= 0.3 is 0 Å². The lowest BCUT2D eigenvalue weighted by molar-refractivity contribution is -0.125. The van der Waals surface area contributed by atoms with E-state index in [1.807, 2.05) is 71.0 Å². The summed E-state index contributed by atoms with van der Waals surface area (Å²) < 4.78 is 19.1. The molecular formula is C28H41N7O5. The van der Waals surface area contributed by atoms with Crippen molar-refractivity contribution in [3.63, 3.8) is 0 Å². The minimum absolute atomic E-state index is 0.0449. The molecular weight excluding hydrogens is 514 g/mol. The van der Waals surface area contributed by atoms with Crippen molar-refractivity contribution >= 4 is 22.9 Å². The highest BCUT2D eigenvalue weighted by atomic mass is 16.6. The van der Waals surface area contributed by atoms with Crippen LogP contribution < -0.4 is 20.3 Å². The molecule has 1 amide bonds. The molecule has 0 saturated carbocycles. The Hall–Kier alpha value is -3.32. The van der Waals surface area contributed by atoms with E-state index in [4.69, 9.17) is 14.2 Å². The third-order valence-electron chi connectivity index (χ3n) is 6.76. The van der Waals surface area contributed by atoms with E-state index >= 15 is 0 Å². The second-order valence-corrected chi connectivity index (χ2v) is 10.8. The van der Waals surface area contributed by atoms with Crippen LogP contribution in [0, 0.1) is 0 Å². The first-order valence-corrected chi connectivity index (χ1v) is 13.6. The van der Waals surface area contributed by atoms with Gasteiger partial charge in [0.05, 0.1) is 32.2 Å². The molecule has 4 rings (SSSR count). The predicted octanol–water partition coefficient (Wildman–Crippen LogP) is 1.68. The molecule has 3 heterocycles. The number of imidazole rings is 1. The van der Waals surface area contributed by atoms with Gasteiger partial charge in [0, 0.05) is 20.1 Å². The molecule has 12 nitrogen and oxygen atoms in total. The Labute approximate surface area is 235 Å². The molecule has 5 unspecified atom stereocenters. The van der Waals surface area contributed by atoms with Gasteiger partial charge in [-0.3, -0.25) is 9.36 Å². The van der Waals surface area contributed by atoms with Crippen LogP contribution in [-0.4, -0.2) is 94.8 Å². The molecule has 3 aromatic rings. The number of hydrogen-bond acceptors (Lipinski definition) is 10. The van der Waals surface area contributed by atoms with Crippen LogP contribution in [0.3, 0.4) is 0 Å². The van der Waals surface area contributed by atoms with Gasteiger partial charge in [0.25, 0.3) is 0 Å². The lowest BCUT2D eigenvalue weighted by atomic mass is 10.0. The number of anilines is 1. The third-order valence-corrected chi connectivity index (χ3v) is 6.76. The van der Waals surface area contributed by atoms with Crippen LogP contribution in [0.1, 0.15) is 39.5 Å². The molecule has 1 aliphatic heterocycles. The van der Waals surface area contributed by atoms with Gasteiger partial charge in [0.2, 0.25) is 5.91 Å². The molecule has 2 aromatic heterocycles. The van der Waals surface area contributed by atoms with E-state index < -0.39 is 30.5 Å². The first kappa shape index (κ1) is 29.7. The normalized spacial score (nSPS) is 21.8. The van der Waals surface area contributed by atoms with Gasteiger partial charge in [-0.05, 0) is 38.0 Å². The average Bonchev–Trinajstić information content (AvgIpc) is 3.48. The molecule has 5 atom stereocenters. The van der Waals surface area contributed by atoms with Crippen molar-refractivity contribution in [2.45, 2.75) is 76.8 Å². The highest BCUT2D eigenvalue weighted by Crippen LogP contribution is 2.33. The Kier molecular flexibility index (Phi) is 9.56. The largest absolute Gasteiger partial charge is 0.497 e. The van der Waals surface area contributed by atoms with E-state index in [-0.39, 0.29) is 24.7 Å². The number of rotatable bonds is 12. The first-order valence-electron chi connectivity index (χ1n) is 13.6. The zero-order chi connectivity index (χ0) is 29.0. The van der Waals surface area contributed by atoms with E-state index in [1.54, 1.807) is 18.0 Å². The van der Waals surface area contributed by atoms with Gasteiger partial charge in [-0.25, -0.2) is 15.0 Å². The molecule has 0 bridgehead atoms. The standard InChI is InChI=1S/C28H41N7O5/c1-16(2)32-20(12-18-8-10-19(38-7)11-9-18)27(37)33-22-24(36)21(13-39-17(3)4)40-28(22)35-15-31-23-25(34(5)6)29-14-30-26(23)35/h8-11,14-17,20-22,24,28,32,36H,12-13H2,1-7H3,(H,33,37). The summed E-state index contributed by atoms with van der Waals surface area (Å²) in [6, 6.07) is 6.35. The quantitative estimate of drug-likeness (QED) is 0.303. The van der Waals surface area contributed by atoms with Crippen LogP contribution in [0.5, 0.6) is 5.75 Å². The summed E-state index contributed by atoms with van der Waals surface area (Å²) in [5.41, 5.74) is 2.11. The van der Waals surface area contributed by atoms with Crippen molar-refractivity contribution in [1.82, 2.24) is 30.2 Å². The van der Waals surface area contributed by atoms with Crippen molar-refractivity contribution in [3.8, 4) is 5.75 Å². The fraction of sp³-hybridized carbons (Fsp3) is 0.571. The number of benzene rings is 1. The second kappa shape index (κ2) is 12.9. The van der Waals surface area contributed by atoms with E-state index in [0.29, 0.717) is 23.4 Å². The summed E-state index contributed by atoms with van der Waals surface area (Å²) in [5.74, 6) is 1.16.